The van der Waals surface area contributed by atoms with E-state index in [0.29, 0.717) is 37.5 Å². The third-order valence-corrected chi connectivity index (χ3v) is 6.12. The van der Waals surface area contributed by atoms with Gasteiger partial charge in [-0.1, -0.05) is 29.5 Å². The number of hydrogen-bond acceptors (Lipinski definition) is 7. The highest BCUT2D eigenvalue weighted by Gasteiger charge is 2.26. The summed E-state index contributed by atoms with van der Waals surface area (Å²) in [5.74, 6) is 0.243. The van der Waals surface area contributed by atoms with Gasteiger partial charge < -0.3 is 14.2 Å². The van der Waals surface area contributed by atoms with Gasteiger partial charge in [0.2, 0.25) is 0 Å². The monoisotopic (exact) mass is 408 g/mol. The molecule has 2 aromatic heterocycles. The molecule has 1 amide bonds. The van der Waals surface area contributed by atoms with Crippen LogP contribution in [0.25, 0.3) is 21.2 Å². The maximum atomic E-state index is 12.8. The van der Waals surface area contributed by atoms with Crippen LogP contribution in [0.5, 0.6) is 0 Å². The van der Waals surface area contributed by atoms with Crippen molar-refractivity contribution in [1.29, 1.82) is 0 Å². The molecule has 3 heterocycles. The minimum atomic E-state index is -0.402. The summed E-state index contributed by atoms with van der Waals surface area (Å²) in [7, 11) is 0. The summed E-state index contributed by atoms with van der Waals surface area (Å²) in [4.78, 5) is 31.8. The van der Waals surface area contributed by atoms with Gasteiger partial charge in [0.25, 0.3) is 11.6 Å². The maximum absolute atomic E-state index is 12.8. The van der Waals surface area contributed by atoms with Crippen LogP contribution in [-0.4, -0.2) is 46.9 Å². The van der Waals surface area contributed by atoms with Gasteiger partial charge in [-0.3, -0.25) is 14.9 Å². The van der Waals surface area contributed by atoms with Crippen molar-refractivity contribution in [1.82, 2.24) is 9.88 Å². The Morgan fingerprint density at radius 3 is 2.66 bits per heavy atom. The Hall–Kier alpha value is -3.46. The van der Waals surface area contributed by atoms with Gasteiger partial charge in [-0.25, -0.2) is 4.98 Å². The number of carbonyl (C=O) groups is 1. The fourth-order valence-electron chi connectivity index (χ4n) is 3.49. The Morgan fingerprint density at radius 2 is 1.90 bits per heavy atom. The molecule has 0 radical (unpaired) electrons. The van der Waals surface area contributed by atoms with Crippen LogP contribution in [0.3, 0.4) is 0 Å². The molecule has 0 spiro atoms. The number of anilines is 1. The van der Waals surface area contributed by atoms with E-state index in [2.05, 4.69) is 9.88 Å². The molecule has 29 heavy (non-hydrogen) atoms. The Kier molecular flexibility index (Phi) is 4.17. The lowest BCUT2D eigenvalue weighted by molar-refractivity contribution is -0.384. The van der Waals surface area contributed by atoms with Crippen molar-refractivity contribution in [2.45, 2.75) is 0 Å². The first-order valence-electron chi connectivity index (χ1n) is 9.16. The molecule has 0 N–H and O–H groups in total. The van der Waals surface area contributed by atoms with Crippen LogP contribution in [-0.2, 0) is 0 Å². The number of carbonyl (C=O) groups excluding carboxylic acids is 1. The molecule has 8 nitrogen and oxygen atoms in total. The predicted molar refractivity (Wildman–Crippen MR) is 111 cm³/mol. The van der Waals surface area contributed by atoms with Gasteiger partial charge >= 0.3 is 0 Å². The number of rotatable bonds is 3. The van der Waals surface area contributed by atoms with E-state index in [1.165, 1.54) is 17.4 Å². The molecule has 0 saturated carbocycles. The lowest BCUT2D eigenvalue weighted by atomic mass is 10.2. The normalized spacial score (nSPS) is 14.6. The number of non-ortho nitro benzene ring substituents is 1. The summed E-state index contributed by atoms with van der Waals surface area (Å²) in [5.41, 5.74) is 1.52. The lowest BCUT2D eigenvalue weighted by Crippen LogP contribution is -2.48. The highest BCUT2D eigenvalue weighted by Crippen LogP contribution is 2.32. The van der Waals surface area contributed by atoms with Gasteiger partial charge in [0, 0.05) is 43.7 Å². The highest BCUT2D eigenvalue weighted by atomic mass is 32.1. The summed E-state index contributed by atoms with van der Waals surface area (Å²) in [5, 5.41) is 12.7. The van der Waals surface area contributed by atoms with Gasteiger partial charge in [0.1, 0.15) is 5.58 Å². The van der Waals surface area contributed by atoms with Gasteiger partial charge in [0.15, 0.2) is 10.9 Å². The topological polar surface area (TPSA) is 92.7 Å². The fraction of sp³-hybridized carbons (Fsp3) is 0.200. The van der Waals surface area contributed by atoms with Crippen LogP contribution in [0, 0.1) is 10.1 Å². The molecule has 0 unspecified atom stereocenters. The minimum absolute atomic E-state index is 0.0638. The van der Waals surface area contributed by atoms with E-state index in [-0.39, 0.29) is 11.6 Å². The predicted octanol–water partition coefficient (Wildman–Crippen LogP) is 3.91. The first-order valence-corrected chi connectivity index (χ1v) is 9.98. The van der Waals surface area contributed by atoms with Gasteiger partial charge in [-0.05, 0) is 18.2 Å². The van der Waals surface area contributed by atoms with Crippen molar-refractivity contribution in [3.05, 3.63) is 64.4 Å². The van der Waals surface area contributed by atoms with Crippen LogP contribution in [0.2, 0.25) is 0 Å². The largest absolute Gasteiger partial charge is 0.451 e. The van der Waals surface area contributed by atoms with Crippen LogP contribution in [0.4, 0.5) is 10.8 Å². The third-order valence-electron chi connectivity index (χ3n) is 5.05. The van der Waals surface area contributed by atoms with Crippen molar-refractivity contribution < 1.29 is 14.1 Å². The number of amides is 1. The van der Waals surface area contributed by atoms with Crippen molar-refractivity contribution >= 4 is 49.2 Å². The maximum Gasteiger partial charge on any atom is 0.289 e. The SMILES string of the molecule is O=C(c1cc2ccccc2o1)N1CCN(c2nc3ccc([N+](=O)[O-])cc3s2)CC1. The summed E-state index contributed by atoms with van der Waals surface area (Å²) in [6.07, 6.45) is 0. The average Bonchev–Trinajstić information content (AvgIpc) is 3.36. The summed E-state index contributed by atoms with van der Waals surface area (Å²) in [6.45, 7) is 2.42. The number of thiazole rings is 1. The van der Waals surface area contributed by atoms with Crippen LogP contribution in [0.1, 0.15) is 10.6 Å². The standard InChI is InChI=1S/C20H16N4O4S/c25-19(17-11-13-3-1-2-4-16(13)28-17)22-7-9-23(10-8-22)20-21-15-6-5-14(24(26)27)12-18(15)29-20/h1-6,11-12H,7-10H2. The number of para-hydroxylation sites is 1. The van der Waals surface area contributed by atoms with E-state index >= 15 is 0 Å². The summed E-state index contributed by atoms with van der Waals surface area (Å²) in [6, 6.07) is 14.0. The Labute approximate surface area is 169 Å². The van der Waals surface area contributed by atoms with E-state index in [1.807, 2.05) is 24.3 Å². The number of fused-ring (bicyclic) bond motifs is 2. The van der Waals surface area contributed by atoms with Crippen molar-refractivity contribution in [2.75, 3.05) is 31.1 Å². The van der Waals surface area contributed by atoms with E-state index in [0.717, 1.165) is 20.7 Å². The molecular weight excluding hydrogens is 392 g/mol. The number of nitro groups is 1. The molecule has 1 saturated heterocycles. The highest BCUT2D eigenvalue weighted by molar-refractivity contribution is 7.22. The molecule has 4 aromatic rings. The van der Waals surface area contributed by atoms with Crippen molar-refractivity contribution in [3.8, 4) is 0 Å². The number of piperazine rings is 1. The fourth-order valence-corrected chi connectivity index (χ4v) is 4.54. The Bertz CT molecular complexity index is 1210. The molecule has 1 aliphatic heterocycles. The van der Waals surface area contributed by atoms with Crippen LogP contribution in [0.15, 0.2) is 52.9 Å². The first-order chi connectivity index (χ1) is 14.1. The zero-order valence-electron chi connectivity index (χ0n) is 15.3. The summed E-state index contributed by atoms with van der Waals surface area (Å²) < 4.78 is 6.48. The second-order valence-electron chi connectivity index (χ2n) is 6.83. The van der Waals surface area contributed by atoms with Crippen LogP contribution >= 0.6 is 11.3 Å². The molecule has 1 fully saturated rings. The second-order valence-corrected chi connectivity index (χ2v) is 7.84. The number of furan rings is 1. The number of benzene rings is 2. The second kappa shape index (κ2) is 6.85. The first kappa shape index (κ1) is 17.6. The number of aromatic nitrogens is 1. The summed E-state index contributed by atoms with van der Waals surface area (Å²) >= 11 is 1.43. The number of nitrogens with zero attached hydrogens (tertiary/aromatic N) is 4. The zero-order valence-corrected chi connectivity index (χ0v) is 16.1. The smallest absolute Gasteiger partial charge is 0.289 e. The van der Waals surface area contributed by atoms with Crippen LogP contribution < -0.4 is 4.90 Å². The van der Waals surface area contributed by atoms with E-state index in [1.54, 1.807) is 23.1 Å². The Morgan fingerprint density at radius 1 is 1.10 bits per heavy atom. The lowest BCUT2D eigenvalue weighted by Gasteiger charge is -2.34. The molecule has 146 valence electrons. The molecule has 5 rings (SSSR count). The number of hydrogen-bond donors (Lipinski definition) is 0. The average molecular weight is 408 g/mol. The minimum Gasteiger partial charge on any atom is -0.451 e. The van der Waals surface area contributed by atoms with Crippen molar-refractivity contribution in [3.63, 3.8) is 0 Å². The van der Waals surface area contributed by atoms with Gasteiger partial charge in [-0.2, -0.15) is 0 Å². The van der Waals surface area contributed by atoms with Gasteiger partial charge in [0.05, 0.1) is 15.1 Å². The molecule has 1 aliphatic rings. The van der Waals surface area contributed by atoms with Gasteiger partial charge in [-0.15, -0.1) is 0 Å². The van der Waals surface area contributed by atoms with E-state index in [4.69, 9.17) is 4.42 Å². The molecule has 0 bridgehead atoms. The Balaban J connectivity index is 1.30. The number of nitro benzene ring substituents is 1. The third kappa shape index (κ3) is 3.19. The quantitative estimate of drug-likeness (QED) is 0.377. The molecule has 0 atom stereocenters. The molecular formula is C20H16N4O4S. The molecule has 0 aliphatic carbocycles. The van der Waals surface area contributed by atoms with E-state index in [9.17, 15) is 14.9 Å². The van der Waals surface area contributed by atoms with Crippen molar-refractivity contribution in [2.24, 2.45) is 0 Å². The van der Waals surface area contributed by atoms with E-state index < -0.39 is 4.92 Å². The molecule has 2 aromatic carbocycles. The molecule has 9 heteroatoms. The zero-order chi connectivity index (χ0) is 20.0.